The van der Waals surface area contributed by atoms with Gasteiger partial charge in [-0.05, 0) is 81.9 Å². The minimum absolute atomic E-state index is 0.0154. The summed E-state index contributed by atoms with van der Waals surface area (Å²) in [5.74, 6) is 0.421. The quantitative estimate of drug-likeness (QED) is 0.143. The number of halogens is 3. The maximum atomic E-state index is 17.7. The number of amides is 1. The smallest absolute Gasteiger partial charge is 0.407 e. The third-order valence-electron chi connectivity index (χ3n) is 12.4. The number of rotatable bonds is 10. The van der Waals surface area contributed by atoms with Crippen molar-refractivity contribution in [3.63, 3.8) is 0 Å². The number of benzene rings is 2. The topological polar surface area (TPSA) is 129 Å². The van der Waals surface area contributed by atoms with Crippen molar-refractivity contribution in [3.05, 3.63) is 81.8 Å². The maximum absolute atomic E-state index is 17.7. The highest BCUT2D eigenvalue weighted by molar-refractivity contribution is 6.43. The number of aryl methyl sites for hydroxylation is 1. The number of carboxylic acid groups (broad SMARTS) is 1. The third kappa shape index (κ3) is 6.20. The summed E-state index contributed by atoms with van der Waals surface area (Å²) in [6.07, 6.45) is 3.66. The molecule has 0 radical (unpaired) electrons. The lowest BCUT2D eigenvalue weighted by Gasteiger charge is -2.39. The number of nitriles is 1. The number of aromatic nitrogens is 3. The number of hydrogen-bond acceptors (Lipinski definition) is 8. The summed E-state index contributed by atoms with van der Waals surface area (Å²) in [5.41, 5.74) is 2.87. The molecular weight excluding hydrogens is 756 g/mol. The summed E-state index contributed by atoms with van der Waals surface area (Å²) in [6.45, 7) is 3.95. The minimum atomic E-state index is -1.06. The Labute approximate surface area is 333 Å². The standard InChI is InChI=1S/C42H42Cl2FN7O4/c1-22(31-11-7-15-50(31)2)55-41-28-19-33(32-18-25(21-51(32)42(53)54)56-34-12-3-4-14-47-34)52(39-24-17-30(39)48-20-24)40(28)27-16-23(8-6-13-46)35(37(45)38(27)49-41)26-9-5-10-29(43)36(26)44/h3-5,9-10,12,14,16,19,22,24-25,30-32,39,48H,6-8,11,15,17-18,20-21H2,1-2H3,(H,53,54)/t22?,24-,25+,30-,31+,32-,39+/m1/s1. The fourth-order valence-corrected chi connectivity index (χ4v) is 10.2. The van der Waals surface area contributed by atoms with Crippen molar-refractivity contribution < 1.29 is 23.8 Å². The van der Waals surface area contributed by atoms with Crippen LogP contribution in [-0.2, 0) is 6.42 Å². The van der Waals surface area contributed by atoms with Crippen molar-refractivity contribution in [2.45, 2.75) is 81.8 Å². The molecule has 2 aromatic carbocycles. The van der Waals surface area contributed by atoms with Crippen LogP contribution in [0.1, 0.15) is 62.4 Å². The first kappa shape index (κ1) is 36.9. The van der Waals surface area contributed by atoms with Gasteiger partial charge in [0, 0.05) is 65.9 Å². The predicted molar refractivity (Wildman–Crippen MR) is 212 cm³/mol. The first-order chi connectivity index (χ1) is 27.1. The van der Waals surface area contributed by atoms with Gasteiger partial charge in [0.2, 0.25) is 11.8 Å². The number of pyridine rings is 2. The number of fused-ring (bicyclic) bond motifs is 4. The Morgan fingerprint density at radius 1 is 1.18 bits per heavy atom. The van der Waals surface area contributed by atoms with Crippen LogP contribution in [0.3, 0.4) is 0 Å². The summed E-state index contributed by atoms with van der Waals surface area (Å²) in [7, 11) is 2.09. The maximum Gasteiger partial charge on any atom is 0.407 e. The van der Waals surface area contributed by atoms with E-state index >= 15 is 4.39 Å². The molecule has 7 heterocycles. The van der Waals surface area contributed by atoms with E-state index in [-0.39, 0.29) is 70.6 Å². The SMILES string of the molecule is CC(Oc1nc2c(F)c(-c3cccc(Cl)c3Cl)c(CCC#N)cc2c2c1cc([C@H]1C[C@H](Oc3ccccn3)CN1C(=O)O)n2[C@H]1[C@H]2CN[C@@H]1C2)[C@@H]1CCCN1C. The number of likely N-dealkylation sites (tertiary alicyclic amines) is 2. The van der Waals surface area contributed by atoms with E-state index in [1.54, 1.807) is 36.5 Å². The molecule has 1 aliphatic carbocycles. The molecule has 290 valence electrons. The Bertz CT molecular complexity index is 2370. The van der Waals surface area contributed by atoms with E-state index in [4.69, 9.17) is 37.7 Å². The van der Waals surface area contributed by atoms with Crippen LogP contribution in [0.4, 0.5) is 9.18 Å². The van der Waals surface area contributed by atoms with E-state index < -0.39 is 24.1 Å². The molecule has 5 aliphatic rings. The molecule has 4 aliphatic heterocycles. The molecule has 10 rings (SSSR count). The summed E-state index contributed by atoms with van der Waals surface area (Å²) < 4.78 is 33.0. The highest BCUT2D eigenvalue weighted by Crippen LogP contribution is 2.52. The van der Waals surface area contributed by atoms with Gasteiger partial charge in [-0.25, -0.2) is 19.2 Å². The Morgan fingerprint density at radius 3 is 2.73 bits per heavy atom. The summed E-state index contributed by atoms with van der Waals surface area (Å²) >= 11 is 13.2. The zero-order valence-corrected chi connectivity index (χ0v) is 32.6. The van der Waals surface area contributed by atoms with Gasteiger partial charge in [0.1, 0.15) is 17.7 Å². The van der Waals surface area contributed by atoms with Crippen LogP contribution in [-0.4, -0.2) is 86.5 Å². The predicted octanol–water partition coefficient (Wildman–Crippen LogP) is 8.42. The van der Waals surface area contributed by atoms with Crippen molar-refractivity contribution in [3.8, 4) is 29.0 Å². The first-order valence-electron chi connectivity index (χ1n) is 19.3. The van der Waals surface area contributed by atoms with E-state index in [0.29, 0.717) is 40.1 Å². The van der Waals surface area contributed by atoms with E-state index in [9.17, 15) is 15.2 Å². The van der Waals surface area contributed by atoms with Gasteiger partial charge in [-0.15, -0.1) is 0 Å². The monoisotopic (exact) mass is 797 g/mol. The van der Waals surface area contributed by atoms with Crippen molar-refractivity contribution >= 4 is 51.1 Å². The second-order valence-electron chi connectivity index (χ2n) is 15.6. The van der Waals surface area contributed by atoms with Crippen LogP contribution < -0.4 is 14.8 Å². The molecule has 5 fully saturated rings. The van der Waals surface area contributed by atoms with Crippen molar-refractivity contribution in [1.82, 2.24) is 29.7 Å². The fourth-order valence-electron chi connectivity index (χ4n) is 9.76. The third-order valence-corrected chi connectivity index (χ3v) is 13.2. The lowest BCUT2D eigenvalue weighted by molar-refractivity contribution is 0.119. The van der Waals surface area contributed by atoms with Crippen LogP contribution in [0, 0.1) is 23.1 Å². The van der Waals surface area contributed by atoms with E-state index in [2.05, 4.69) is 32.9 Å². The summed E-state index contributed by atoms with van der Waals surface area (Å²) in [6, 6.07) is 16.4. The molecule has 3 aromatic heterocycles. The van der Waals surface area contributed by atoms with Crippen LogP contribution in [0.2, 0.25) is 10.0 Å². The van der Waals surface area contributed by atoms with Crippen molar-refractivity contribution in [2.75, 3.05) is 26.7 Å². The number of likely N-dealkylation sites (N-methyl/N-ethyl adjacent to an activating group) is 1. The van der Waals surface area contributed by atoms with Gasteiger partial charge in [0.25, 0.3) is 0 Å². The van der Waals surface area contributed by atoms with Gasteiger partial charge >= 0.3 is 6.09 Å². The average molecular weight is 799 g/mol. The molecule has 2 N–H and O–H groups in total. The van der Waals surface area contributed by atoms with Crippen molar-refractivity contribution in [2.24, 2.45) is 5.92 Å². The minimum Gasteiger partial charge on any atom is -0.472 e. The van der Waals surface area contributed by atoms with E-state index in [0.717, 1.165) is 43.6 Å². The lowest BCUT2D eigenvalue weighted by Crippen LogP contribution is -2.40. The molecule has 7 atom stereocenters. The molecule has 11 nitrogen and oxygen atoms in total. The Kier molecular flexibility index (Phi) is 9.69. The van der Waals surface area contributed by atoms with E-state index in [1.807, 2.05) is 25.1 Å². The molecule has 1 saturated carbocycles. The Hall–Kier alpha value is -4.67. The molecule has 1 amide bonds. The van der Waals surface area contributed by atoms with Gasteiger partial charge < -0.3 is 24.5 Å². The van der Waals surface area contributed by atoms with Gasteiger partial charge in [-0.3, -0.25) is 9.80 Å². The molecule has 0 spiro atoms. The molecular formula is C42H42Cl2FN7O4. The average Bonchev–Trinajstić information content (AvgIpc) is 4.03. The largest absolute Gasteiger partial charge is 0.472 e. The molecule has 2 bridgehead atoms. The first-order valence-corrected chi connectivity index (χ1v) is 20.1. The lowest BCUT2D eigenvalue weighted by atomic mass is 9.79. The number of nitrogens with zero attached hydrogens (tertiary/aromatic N) is 6. The molecule has 14 heteroatoms. The molecule has 5 aromatic rings. The zero-order valence-electron chi connectivity index (χ0n) is 31.1. The van der Waals surface area contributed by atoms with Crippen LogP contribution in [0.15, 0.2) is 54.7 Å². The van der Waals surface area contributed by atoms with Crippen molar-refractivity contribution in [1.29, 1.82) is 5.26 Å². The second-order valence-corrected chi connectivity index (χ2v) is 16.4. The van der Waals surface area contributed by atoms with Gasteiger partial charge in [0.05, 0.1) is 45.6 Å². The molecule has 56 heavy (non-hydrogen) atoms. The number of hydrogen-bond donors (Lipinski definition) is 2. The van der Waals surface area contributed by atoms with E-state index in [1.165, 1.54) is 4.90 Å². The van der Waals surface area contributed by atoms with Gasteiger partial charge in [0.15, 0.2) is 5.82 Å². The Morgan fingerprint density at radius 2 is 2.04 bits per heavy atom. The second kappa shape index (κ2) is 14.7. The normalized spacial score (nSPS) is 25.1. The van der Waals surface area contributed by atoms with Crippen LogP contribution >= 0.6 is 23.2 Å². The number of carbonyl (C=O) groups is 1. The number of ether oxygens (including phenoxy) is 2. The van der Waals surface area contributed by atoms with Gasteiger partial charge in [-0.2, -0.15) is 5.26 Å². The molecule has 1 unspecified atom stereocenters. The number of nitrogens with one attached hydrogen (secondary N) is 1. The van der Waals surface area contributed by atoms with Crippen LogP contribution in [0.25, 0.3) is 32.9 Å². The Balaban J connectivity index is 1.30. The van der Waals surface area contributed by atoms with Gasteiger partial charge in [-0.1, -0.05) is 41.4 Å². The summed E-state index contributed by atoms with van der Waals surface area (Å²) in [4.78, 5) is 26.1. The van der Waals surface area contributed by atoms with Crippen LogP contribution in [0.5, 0.6) is 11.8 Å². The zero-order chi connectivity index (χ0) is 38.8. The summed E-state index contributed by atoms with van der Waals surface area (Å²) in [5, 5.41) is 25.7. The fraction of sp³-hybridized carbons (Fsp3) is 0.429. The highest BCUT2D eigenvalue weighted by Gasteiger charge is 2.51. The molecule has 4 saturated heterocycles. The highest BCUT2D eigenvalue weighted by atomic mass is 35.5.